The molecule has 2 aromatic carbocycles. The minimum Gasteiger partial charge on any atom is -0.398 e. The first-order chi connectivity index (χ1) is 11.1. The van der Waals surface area contributed by atoms with Crippen molar-refractivity contribution in [3.05, 3.63) is 59.2 Å². The van der Waals surface area contributed by atoms with E-state index < -0.39 is 0 Å². The van der Waals surface area contributed by atoms with Crippen LogP contribution in [0.5, 0.6) is 0 Å². The third-order valence-electron chi connectivity index (χ3n) is 4.81. The highest BCUT2D eigenvalue weighted by Crippen LogP contribution is 2.33. The lowest BCUT2D eigenvalue weighted by atomic mass is 9.94. The summed E-state index contributed by atoms with van der Waals surface area (Å²) in [6.45, 7) is 4.90. The van der Waals surface area contributed by atoms with Crippen molar-refractivity contribution < 1.29 is 4.79 Å². The van der Waals surface area contributed by atoms with Gasteiger partial charge in [-0.15, -0.1) is 12.4 Å². The lowest BCUT2D eigenvalue weighted by Crippen LogP contribution is -2.38. The predicted octanol–water partition coefficient (Wildman–Crippen LogP) is 4.34. The van der Waals surface area contributed by atoms with Gasteiger partial charge in [0.1, 0.15) is 0 Å². The first kappa shape index (κ1) is 18.3. The van der Waals surface area contributed by atoms with Crippen LogP contribution in [0.25, 0.3) is 0 Å². The minimum absolute atomic E-state index is 0. The van der Waals surface area contributed by atoms with Crippen molar-refractivity contribution in [3.63, 3.8) is 0 Å². The van der Waals surface area contributed by atoms with Gasteiger partial charge in [-0.1, -0.05) is 37.3 Å². The summed E-state index contributed by atoms with van der Waals surface area (Å²) in [5.41, 5.74) is 11.3. The summed E-state index contributed by atoms with van der Waals surface area (Å²) in [5, 5.41) is 0. The van der Waals surface area contributed by atoms with E-state index in [1.807, 2.05) is 30.0 Å². The van der Waals surface area contributed by atoms with Gasteiger partial charge in [-0.05, 0) is 55.0 Å². The number of nitrogens with two attached hydrogens (primary N) is 1. The van der Waals surface area contributed by atoms with Gasteiger partial charge in [-0.25, -0.2) is 0 Å². The van der Waals surface area contributed by atoms with E-state index in [0.29, 0.717) is 0 Å². The van der Waals surface area contributed by atoms with Crippen LogP contribution in [-0.4, -0.2) is 12.5 Å². The molecule has 2 aromatic rings. The quantitative estimate of drug-likeness (QED) is 0.842. The van der Waals surface area contributed by atoms with Crippen molar-refractivity contribution in [1.82, 2.24) is 0 Å². The topological polar surface area (TPSA) is 46.3 Å². The summed E-state index contributed by atoms with van der Waals surface area (Å²) in [5.74, 6) is 0.00841. The molecule has 1 aliphatic heterocycles. The fraction of sp³-hybridized carbons (Fsp3) is 0.350. The summed E-state index contributed by atoms with van der Waals surface area (Å²) in [7, 11) is 0. The van der Waals surface area contributed by atoms with E-state index in [0.717, 1.165) is 48.3 Å². The predicted molar refractivity (Wildman–Crippen MR) is 103 cm³/mol. The molecule has 1 atom stereocenters. The van der Waals surface area contributed by atoms with Crippen LogP contribution >= 0.6 is 12.4 Å². The summed E-state index contributed by atoms with van der Waals surface area (Å²) in [4.78, 5) is 14.9. The van der Waals surface area contributed by atoms with Gasteiger partial charge < -0.3 is 10.6 Å². The van der Waals surface area contributed by atoms with Crippen molar-refractivity contribution >= 4 is 29.7 Å². The maximum atomic E-state index is 13.0. The minimum atomic E-state index is -0.145. The molecule has 0 saturated carbocycles. The van der Waals surface area contributed by atoms with Crippen LogP contribution in [0.3, 0.4) is 0 Å². The van der Waals surface area contributed by atoms with Gasteiger partial charge in [0.15, 0.2) is 0 Å². The molecule has 0 aliphatic carbocycles. The summed E-state index contributed by atoms with van der Waals surface area (Å²) in [6.07, 6.45) is 2.93. The third-order valence-corrected chi connectivity index (χ3v) is 4.81. The zero-order chi connectivity index (χ0) is 16.4. The maximum Gasteiger partial charge on any atom is 0.234 e. The Labute approximate surface area is 150 Å². The molecule has 3 nitrogen and oxygen atoms in total. The van der Waals surface area contributed by atoms with E-state index in [4.69, 9.17) is 5.73 Å². The number of halogens is 1. The molecule has 0 saturated heterocycles. The molecule has 1 unspecified atom stereocenters. The highest BCUT2D eigenvalue weighted by atomic mass is 35.5. The normalized spacial score (nSPS) is 14.5. The number of fused-ring (bicyclic) bond motifs is 1. The lowest BCUT2D eigenvalue weighted by molar-refractivity contribution is -0.119. The van der Waals surface area contributed by atoms with Crippen LogP contribution in [0.15, 0.2) is 42.5 Å². The number of nitrogen functional groups attached to an aromatic ring is 1. The summed E-state index contributed by atoms with van der Waals surface area (Å²) in [6, 6.07) is 14.2. The number of amides is 1. The van der Waals surface area contributed by atoms with Crippen molar-refractivity contribution in [1.29, 1.82) is 0 Å². The fourth-order valence-corrected chi connectivity index (χ4v) is 3.30. The zero-order valence-corrected chi connectivity index (χ0v) is 15.1. The lowest BCUT2D eigenvalue weighted by Gasteiger charge is -2.32. The molecule has 0 fully saturated rings. The van der Waals surface area contributed by atoms with Crippen LogP contribution in [0.1, 0.15) is 42.9 Å². The zero-order valence-electron chi connectivity index (χ0n) is 14.3. The number of hydrogen-bond acceptors (Lipinski definition) is 2. The largest absolute Gasteiger partial charge is 0.398 e. The van der Waals surface area contributed by atoms with Crippen LogP contribution in [0, 0.1) is 0 Å². The molecular formula is C20H25ClN2O. The Balaban J connectivity index is 0.00000208. The molecule has 0 bridgehead atoms. The van der Waals surface area contributed by atoms with Gasteiger partial charge in [0, 0.05) is 17.9 Å². The molecule has 128 valence electrons. The highest BCUT2D eigenvalue weighted by Gasteiger charge is 2.27. The molecular weight excluding hydrogens is 320 g/mol. The van der Waals surface area contributed by atoms with E-state index in [-0.39, 0.29) is 24.2 Å². The molecule has 1 aliphatic rings. The van der Waals surface area contributed by atoms with Gasteiger partial charge in [0.05, 0.1) is 5.92 Å². The second-order valence-corrected chi connectivity index (χ2v) is 6.26. The SMILES string of the molecule is CCc1ccc(C(C)C(=O)N2CCCc3c(N)cccc32)cc1.Cl. The Morgan fingerprint density at radius 3 is 2.58 bits per heavy atom. The number of carbonyl (C=O) groups excluding carboxylic acids is 1. The van der Waals surface area contributed by atoms with Gasteiger partial charge in [0.25, 0.3) is 0 Å². The van der Waals surface area contributed by atoms with Crippen molar-refractivity contribution in [2.24, 2.45) is 0 Å². The van der Waals surface area contributed by atoms with Crippen molar-refractivity contribution in [2.75, 3.05) is 17.2 Å². The first-order valence-electron chi connectivity index (χ1n) is 8.39. The van der Waals surface area contributed by atoms with Crippen LogP contribution in [0.4, 0.5) is 11.4 Å². The monoisotopic (exact) mass is 344 g/mol. The summed E-state index contributed by atoms with van der Waals surface area (Å²) < 4.78 is 0. The number of anilines is 2. The smallest absolute Gasteiger partial charge is 0.234 e. The number of benzene rings is 2. The molecule has 4 heteroatoms. The van der Waals surface area contributed by atoms with Crippen molar-refractivity contribution in [2.45, 2.75) is 39.0 Å². The molecule has 24 heavy (non-hydrogen) atoms. The van der Waals surface area contributed by atoms with E-state index in [1.165, 1.54) is 5.56 Å². The standard InChI is InChI=1S/C20H24N2O.ClH/c1-3-15-9-11-16(12-10-15)14(2)20(23)22-13-5-6-17-18(21)7-4-8-19(17)22;/h4,7-12,14H,3,5-6,13,21H2,1-2H3;1H. The number of hydrogen-bond donors (Lipinski definition) is 1. The average Bonchev–Trinajstić information content (AvgIpc) is 2.60. The average molecular weight is 345 g/mol. The Hall–Kier alpha value is -2.00. The number of nitrogens with zero attached hydrogens (tertiary/aromatic N) is 1. The molecule has 1 heterocycles. The molecule has 3 rings (SSSR count). The third kappa shape index (κ3) is 3.41. The Bertz CT molecular complexity index is 712. The molecule has 0 spiro atoms. The highest BCUT2D eigenvalue weighted by molar-refractivity contribution is 5.99. The van der Waals surface area contributed by atoms with Crippen molar-refractivity contribution in [3.8, 4) is 0 Å². The molecule has 1 amide bonds. The molecule has 2 N–H and O–H groups in total. The summed E-state index contributed by atoms with van der Waals surface area (Å²) >= 11 is 0. The number of aryl methyl sites for hydroxylation is 1. The van der Waals surface area contributed by atoms with Gasteiger partial charge >= 0.3 is 0 Å². The van der Waals surface area contributed by atoms with E-state index in [1.54, 1.807) is 0 Å². The molecule has 0 radical (unpaired) electrons. The van der Waals surface area contributed by atoms with E-state index in [2.05, 4.69) is 31.2 Å². The van der Waals surface area contributed by atoms with E-state index >= 15 is 0 Å². The Kier molecular flexibility index (Phi) is 5.89. The Morgan fingerprint density at radius 1 is 1.21 bits per heavy atom. The molecule has 0 aromatic heterocycles. The Morgan fingerprint density at radius 2 is 1.92 bits per heavy atom. The van der Waals surface area contributed by atoms with Gasteiger partial charge in [-0.2, -0.15) is 0 Å². The first-order valence-corrected chi connectivity index (χ1v) is 8.39. The van der Waals surface area contributed by atoms with Crippen LogP contribution in [0.2, 0.25) is 0 Å². The van der Waals surface area contributed by atoms with E-state index in [9.17, 15) is 4.79 Å². The number of carbonyl (C=O) groups is 1. The fourth-order valence-electron chi connectivity index (χ4n) is 3.30. The van der Waals surface area contributed by atoms with Gasteiger partial charge in [0.2, 0.25) is 5.91 Å². The number of rotatable bonds is 3. The van der Waals surface area contributed by atoms with Crippen LogP contribution in [-0.2, 0) is 17.6 Å². The van der Waals surface area contributed by atoms with Crippen LogP contribution < -0.4 is 10.6 Å². The second kappa shape index (κ2) is 7.71. The van der Waals surface area contributed by atoms with Gasteiger partial charge in [-0.3, -0.25) is 4.79 Å². The second-order valence-electron chi connectivity index (χ2n) is 6.26. The maximum absolute atomic E-state index is 13.0.